The van der Waals surface area contributed by atoms with E-state index >= 15 is 0 Å². The lowest BCUT2D eigenvalue weighted by molar-refractivity contribution is 0.575. The van der Waals surface area contributed by atoms with Crippen molar-refractivity contribution in [2.45, 2.75) is 37.7 Å². The van der Waals surface area contributed by atoms with E-state index in [2.05, 4.69) is 0 Å². The summed E-state index contributed by atoms with van der Waals surface area (Å²) in [5, 5.41) is 8.08. The second-order valence-corrected chi connectivity index (χ2v) is 6.47. The molecule has 1 atom stereocenters. The third kappa shape index (κ3) is 3.86. The van der Waals surface area contributed by atoms with E-state index in [1.165, 1.54) is 0 Å². The molecule has 0 aliphatic carbocycles. The van der Waals surface area contributed by atoms with Crippen LogP contribution in [0.15, 0.2) is 24.3 Å². The Morgan fingerprint density at radius 1 is 1.41 bits per heavy atom. The topological polar surface area (TPSA) is 57.9 Å². The van der Waals surface area contributed by atoms with Crippen LogP contribution < -0.4 is 0 Å². The molecule has 0 saturated carbocycles. The predicted octanol–water partition coefficient (Wildman–Crippen LogP) is 2.60. The quantitative estimate of drug-likeness (QED) is 0.808. The van der Waals surface area contributed by atoms with Gasteiger partial charge in [-0.1, -0.05) is 36.8 Å². The van der Waals surface area contributed by atoms with Gasteiger partial charge in [-0.25, -0.2) is 8.42 Å². The molecule has 17 heavy (non-hydrogen) atoms. The summed E-state index contributed by atoms with van der Waals surface area (Å²) >= 11 is 0. The Hall–Kier alpha value is -1.34. The molecule has 0 aliphatic heterocycles. The van der Waals surface area contributed by atoms with Crippen LogP contribution in [-0.2, 0) is 15.6 Å². The van der Waals surface area contributed by atoms with Crippen molar-refractivity contribution < 1.29 is 8.42 Å². The number of nitrogens with zero attached hydrogens (tertiary/aromatic N) is 1. The van der Waals surface area contributed by atoms with E-state index in [1.54, 1.807) is 6.92 Å². The van der Waals surface area contributed by atoms with Crippen LogP contribution in [0.1, 0.15) is 30.9 Å². The molecule has 0 aliphatic rings. The maximum atomic E-state index is 12.1. The van der Waals surface area contributed by atoms with E-state index in [0.717, 1.165) is 11.1 Å². The SMILES string of the molecule is CCC(CC#N)S(=O)(=O)Cc1cccc(C)c1. The average molecular weight is 251 g/mol. The minimum Gasteiger partial charge on any atom is -0.228 e. The van der Waals surface area contributed by atoms with Crippen molar-refractivity contribution >= 4 is 9.84 Å². The fourth-order valence-electron chi connectivity index (χ4n) is 1.78. The summed E-state index contributed by atoms with van der Waals surface area (Å²) in [6.07, 6.45) is 0.562. The van der Waals surface area contributed by atoms with Crippen LogP contribution in [0, 0.1) is 18.3 Å². The van der Waals surface area contributed by atoms with Gasteiger partial charge in [0.2, 0.25) is 0 Å². The first-order valence-corrected chi connectivity index (χ1v) is 7.35. The number of rotatable bonds is 5. The van der Waals surface area contributed by atoms with Crippen molar-refractivity contribution in [3.63, 3.8) is 0 Å². The molecule has 0 saturated heterocycles. The number of sulfone groups is 1. The van der Waals surface area contributed by atoms with E-state index in [0.29, 0.717) is 6.42 Å². The third-order valence-electron chi connectivity index (χ3n) is 2.73. The minimum atomic E-state index is -3.23. The largest absolute Gasteiger partial charge is 0.228 e. The molecule has 0 radical (unpaired) electrons. The molecular weight excluding hydrogens is 234 g/mol. The fourth-order valence-corrected chi connectivity index (χ4v) is 3.50. The number of hydrogen-bond acceptors (Lipinski definition) is 3. The molecule has 1 rings (SSSR count). The van der Waals surface area contributed by atoms with Gasteiger partial charge in [0, 0.05) is 0 Å². The third-order valence-corrected chi connectivity index (χ3v) is 4.98. The molecule has 92 valence electrons. The minimum absolute atomic E-state index is 0.0227. The molecule has 3 nitrogen and oxygen atoms in total. The first-order chi connectivity index (χ1) is 7.99. The first-order valence-electron chi connectivity index (χ1n) is 5.63. The Balaban J connectivity index is 2.90. The van der Waals surface area contributed by atoms with Crippen LogP contribution in [-0.4, -0.2) is 13.7 Å². The van der Waals surface area contributed by atoms with E-state index in [4.69, 9.17) is 5.26 Å². The van der Waals surface area contributed by atoms with Gasteiger partial charge in [0.05, 0.1) is 23.5 Å². The van der Waals surface area contributed by atoms with E-state index in [-0.39, 0.29) is 12.2 Å². The Morgan fingerprint density at radius 3 is 2.65 bits per heavy atom. The molecule has 0 amide bonds. The Labute approximate surface area is 103 Å². The van der Waals surface area contributed by atoms with Gasteiger partial charge in [-0.3, -0.25) is 0 Å². The van der Waals surface area contributed by atoms with Crippen molar-refractivity contribution in [2.24, 2.45) is 0 Å². The molecule has 1 unspecified atom stereocenters. The van der Waals surface area contributed by atoms with Crippen molar-refractivity contribution in [1.29, 1.82) is 5.26 Å². The van der Waals surface area contributed by atoms with Crippen LogP contribution in [0.3, 0.4) is 0 Å². The normalized spacial score (nSPS) is 13.0. The standard InChI is InChI=1S/C13H17NO2S/c1-3-13(7-8-14)17(15,16)10-12-6-4-5-11(2)9-12/h4-6,9,13H,3,7,10H2,1-2H3. The molecule has 0 spiro atoms. The Morgan fingerprint density at radius 2 is 2.12 bits per heavy atom. The van der Waals surface area contributed by atoms with Crippen LogP contribution >= 0.6 is 0 Å². The highest BCUT2D eigenvalue weighted by atomic mass is 32.2. The van der Waals surface area contributed by atoms with E-state index in [1.807, 2.05) is 37.3 Å². The molecule has 0 aromatic heterocycles. The van der Waals surface area contributed by atoms with Gasteiger partial charge < -0.3 is 0 Å². The molecule has 4 heteroatoms. The maximum absolute atomic E-state index is 12.1. The zero-order valence-corrected chi connectivity index (χ0v) is 11.0. The summed E-state index contributed by atoms with van der Waals surface area (Å²) in [5.41, 5.74) is 1.84. The lowest BCUT2D eigenvalue weighted by Crippen LogP contribution is -2.21. The molecule has 0 bridgehead atoms. The molecule has 1 aromatic carbocycles. The second kappa shape index (κ2) is 5.83. The van der Waals surface area contributed by atoms with Crippen LogP contribution in [0.5, 0.6) is 0 Å². The first kappa shape index (κ1) is 13.7. The molecule has 0 heterocycles. The molecule has 0 fully saturated rings. The highest BCUT2D eigenvalue weighted by Crippen LogP contribution is 2.17. The number of hydrogen-bond donors (Lipinski definition) is 0. The van der Waals surface area contributed by atoms with Gasteiger partial charge in [-0.05, 0) is 18.9 Å². The van der Waals surface area contributed by atoms with Gasteiger partial charge >= 0.3 is 0 Å². The van der Waals surface area contributed by atoms with Crippen LogP contribution in [0.2, 0.25) is 0 Å². The zero-order chi connectivity index (χ0) is 12.9. The van der Waals surface area contributed by atoms with Gasteiger partial charge in [0.1, 0.15) is 0 Å². The monoisotopic (exact) mass is 251 g/mol. The zero-order valence-electron chi connectivity index (χ0n) is 10.2. The van der Waals surface area contributed by atoms with Gasteiger partial charge in [-0.15, -0.1) is 0 Å². The summed E-state index contributed by atoms with van der Waals surface area (Å²) < 4.78 is 24.2. The summed E-state index contributed by atoms with van der Waals surface area (Å²) in [7, 11) is -3.23. The molecule has 0 N–H and O–H groups in total. The molecular formula is C13H17NO2S. The van der Waals surface area contributed by atoms with Crippen molar-refractivity contribution in [2.75, 3.05) is 0 Å². The highest BCUT2D eigenvalue weighted by Gasteiger charge is 2.23. The maximum Gasteiger partial charge on any atom is 0.158 e. The highest BCUT2D eigenvalue weighted by molar-refractivity contribution is 7.91. The van der Waals surface area contributed by atoms with Crippen LogP contribution in [0.4, 0.5) is 0 Å². The van der Waals surface area contributed by atoms with Crippen molar-refractivity contribution in [3.05, 3.63) is 35.4 Å². The Bertz CT molecular complexity index is 514. The van der Waals surface area contributed by atoms with Gasteiger partial charge in [-0.2, -0.15) is 5.26 Å². The number of benzene rings is 1. The van der Waals surface area contributed by atoms with Crippen LogP contribution in [0.25, 0.3) is 0 Å². The smallest absolute Gasteiger partial charge is 0.158 e. The van der Waals surface area contributed by atoms with Gasteiger partial charge in [0.15, 0.2) is 9.84 Å². The predicted molar refractivity (Wildman–Crippen MR) is 68.1 cm³/mol. The lowest BCUT2D eigenvalue weighted by Gasteiger charge is -2.12. The number of nitriles is 1. The average Bonchev–Trinajstić information content (AvgIpc) is 2.24. The summed E-state index contributed by atoms with van der Waals surface area (Å²) in [5.74, 6) is 0.0227. The molecule has 1 aromatic rings. The Kier molecular flexibility index (Phi) is 4.71. The van der Waals surface area contributed by atoms with Crippen molar-refractivity contribution in [1.82, 2.24) is 0 Å². The lowest BCUT2D eigenvalue weighted by atomic mass is 10.2. The van der Waals surface area contributed by atoms with E-state index < -0.39 is 15.1 Å². The van der Waals surface area contributed by atoms with Crippen molar-refractivity contribution in [3.8, 4) is 6.07 Å². The van der Waals surface area contributed by atoms with Gasteiger partial charge in [0.25, 0.3) is 0 Å². The second-order valence-electron chi connectivity index (χ2n) is 4.19. The number of aryl methyl sites for hydroxylation is 1. The summed E-state index contributed by atoms with van der Waals surface area (Å²) in [4.78, 5) is 0. The summed E-state index contributed by atoms with van der Waals surface area (Å²) in [6.45, 7) is 3.73. The summed E-state index contributed by atoms with van der Waals surface area (Å²) in [6, 6.07) is 9.41. The van der Waals surface area contributed by atoms with E-state index in [9.17, 15) is 8.42 Å². The fraction of sp³-hybridized carbons (Fsp3) is 0.462.